The molecule has 5 nitrogen and oxygen atoms in total. The highest BCUT2D eigenvalue weighted by molar-refractivity contribution is 7.87. The first-order chi connectivity index (χ1) is 10.8. The SMILES string of the molecule is CC1CCN(C(CNS(=O)(=O)N(C)C(C)C)c2cccs2)CC1. The van der Waals surface area contributed by atoms with E-state index in [9.17, 15) is 8.42 Å². The van der Waals surface area contributed by atoms with Crippen LogP contribution in [0.2, 0.25) is 0 Å². The molecule has 1 atom stereocenters. The van der Waals surface area contributed by atoms with Crippen molar-refractivity contribution in [2.45, 2.75) is 45.7 Å². The van der Waals surface area contributed by atoms with Crippen molar-refractivity contribution in [3.63, 3.8) is 0 Å². The van der Waals surface area contributed by atoms with Crippen LogP contribution in [0.25, 0.3) is 0 Å². The van der Waals surface area contributed by atoms with Gasteiger partial charge in [-0.1, -0.05) is 13.0 Å². The van der Waals surface area contributed by atoms with Crippen LogP contribution in [0.15, 0.2) is 17.5 Å². The van der Waals surface area contributed by atoms with E-state index < -0.39 is 10.2 Å². The molecule has 1 aromatic heterocycles. The Morgan fingerprint density at radius 1 is 1.39 bits per heavy atom. The van der Waals surface area contributed by atoms with Gasteiger partial charge in [0.2, 0.25) is 0 Å². The number of nitrogens with one attached hydrogen (secondary N) is 1. The third-order valence-electron chi connectivity index (χ3n) is 4.70. The molecule has 0 saturated carbocycles. The minimum absolute atomic E-state index is 0.0523. The summed E-state index contributed by atoms with van der Waals surface area (Å²) in [6.07, 6.45) is 2.36. The van der Waals surface area contributed by atoms with Crippen molar-refractivity contribution < 1.29 is 8.42 Å². The van der Waals surface area contributed by atoms with Crippen LogP contribution in [0.4, 0.5) is 0 Å². The molecule has 0 aliphatic carbocycles. The summed E-state index contributed by atoms with van der Waals surface area (Å²) >= 11 is 1.70. The molecule has 1 aliphatic heterocycles. The molecule has 2 heterocycles. The monoisotopic (exact) mass is 359 g/mol. The smallest absolute Gasteiger partial charge is 0.279 e. The van der Waals surface area contributed by atoms with Crippen LogP contribution in [-0.4, -0.2) is 50.3 Å². The second-order valence-corrected chi connectivity index (χ2v) is 9.51. The molecule has 2 rings (SSSR count). The summed E-state index contributed by atoms with van der Waals surface area (Å²) < 4.78 is 28.9. The Morgan fingerprint density at radius 2 is 2.04 bits per heavy atom. The van der Waals surface area contributed by atoms with Gasteiger partial charge in [-0.25, -0.2) is 4.72 Å². The fourth-order valence-corrected chi connectivity index (χ4v) is 4.78. The molecular formula is C16H29N3O2S2. The van der Waals surface area contributed by atoms with Gasteiger partial charge in [0.25, 0.3) is 10.2 Å². The second kappa shape index (κ2) is 8.07. The summed E-state index contributed by atoms with van der Waals surface area (Å²) in [5.74, 6) is 0.763. The lowest BCUT2D eigenvalue weighted by molar-refractivity contribution is 0.140. The predicted molar refractivity (Wildman–Crippen MR) is 96.9 cm³/mol. The van der Waals surface area contributed by atoms with Gasteiger partial charge in [-0.15, -0.1) is 11.3 Å². The minimum Gasteiger partial charge on any atom is -0.294 e. The van der Waals surface area contributed by atoms with E-state index in [1.165, 1.54) is 22.0 Å². The third-order valence-corrected chi connectivity index (χ3v) is 7.38. The standard InChI is InChI=1S/C16H29N3O2S2/c1-13(2)18(4)23(20,21)17-12-15(16-6-5-11-22-16)19-9-7-14(3)8-10-19/h5-6,11,13-15,17H,7-10,12H2,1-4H3. The average Bonchev–Trinajstić information content (AvgIpc) is 3.02. The Morgan fingerprint density at radius 3 is 2.57 bits per heavy atom. The van der Waals surface area contributed by atoms with Crippen LogP contribution in [0.3, 0.4) is 0 Å². The molecule has 1 saturated heterocycles. The Balaban J connectivity index is 2.07. The van der Waals surface area contributed by atoms with Crippen molar-refractivity contribution >= 4 is 21.5 Å². The number of thiophene rings is 1. The number of rotatable bonds is 7. The number of nitrogens with zero attached hydrogens (tertiary/aromatic N) is 2. The molecule has 132 valence electrons. The van der Waals surface area contributed by atoms with Crippen LogP contribution in [-0.2, 0) is 10.2 Å². The lowest BCUT2D eigenvalue weighted by Crippen LogP contribution is -2.46. The van der Waals surface area contributed by atoms with E-state index >= 15 is 0 Å². The summed E-state index contributed by atoms with van der Waals surface area (Å²) in [6, 6.07) is 4.21. The van der Waals surface area contributed by atoms with E-state index in [2.05, 4.69) is 28.0 Å². The van der Waals surface area contributed by atoms with Crippen molar-refractivity contribution in [3.8, 4) is 0 Å². The number of hydrogen-bond donors (Lipinski definition) is 1. The van der Waals surface area contributed by atoms with Gasteiger partial charge in [0, 0.05) is 24.5 Å². The highest BCUT2D eigenvalue weighted by Crippen LogP contribution is 2.29. The zero-order chi connectivity index (χ0) is 17.0. The molecule has 1 fully saturated rings. The minimum atomic E-state index is -3.43. The third kappa shape index (κ3) is 5.00. The van der Waals surface area contributed by atoms with E-state index in [0.29, 0.717) is 6.54 Å². The summed E-state index contributed by atoms with van der Waals surface area (Å²) in [7, 11) is -1.81. The molecule has 0 aromatic carbocycles. The highest BCUT2D eigenvalue weighted by atomic mass is 32.2. The predicted octanol–water partition coefficient (Wildman–Crippen LogP) is 2.70. The molecule has 23 heavy (non-hydrogen) atoms. The maximum atomic E-state index is 12.4. The van der Waals surface area contributed by atoms with Gasteiger partial charge in [-0.2, -0.15) is 12.7 Å². The zero-order valence-corrected chi connectivity index (χ0v) is 16.2. The molecule has 1 aliphatic rings. The van der Waals surface area contributed by atoms with Crippen LogP contribution in [0.1, 0.15) is 44.5 Å². The number of likely N-dealkylation sites (tertiary alicyclic amines) is 1. The fourth-order valence-electron chi connectivity index (χ4n) is 2.79. The maximum Gasteiger partial charge on any atom is 0.279 e. The van der Waals surface area contributed by atoms with E-state index in [1.54, 1.807) is 18.4 Å². The summed E-state index contributed by atoms with van der Waals surface area (Å²) in [4.78, 5) is 3.65. The van der Waals surface area contributed by atoms with E-state index in [0.717, 1.165) is 19.0 Å². The van der Waals surface area contributed by atoms with E-state index in [1.807, 2.05) is 19.9 Å². The lowest BCUT2D eigenvalue weighted by Gasteiger charge is -2.36. The molecule has 7 heteroatoms. The number of hydrogen-bond acceptors (Lipinski definition) is 4. The number of piperidine rings is 1. The quantitative estimate of drug-likeness (QED) is 0.814. The Bertz CT molecular complexity index is 564. The summed E-state index contributed by atoms with van der Waals surface area (Å²) in [5, 5.41) is 2.06. The van der Waals surface area contributed by atoms with Crippen molar-refractivity contribution in [3.05, 3.63) is 22.4 Å². The molecule has 0 bridgehead atoms. The van der Waals surface area contributed by atoms with Crippen LogP contribution < -0.4 is 4.72 Å². The van der Waals surface area contributed by atoms with Gasteiger partial charge >= 0.3 is 0 Å². The van der Waals surface area contributed by atoms with Gasteiger partial charge in [0.1, 0.15) is 0 Å². The Hall–Kier alpha value is -0.470. The van der Waals surface area contributed by atoms with E-state index in [4.69, 9.17) is 0 Å². The molecule has 1 unspecified atom stereocenters. The van der Waals surface area contributed by atoms with Crippen molar-refractivity contribution in [2.75, 3.05) is 26.7 Å². The average molecular weight is 360 g/mol. The largest absolute Gasteiger partial charge is 0.294 e. The molecule has 0 radical (unpaired) electrons. The normalized spacial score (nSPS) is 19.6. The van der Waals surface area contributed by atoms with Crippen LogP contribution >= 0.6 is 11.3 Å². The maximum absolute atomic E-state index is 12.4. The summed E-state index contributed by atoms with van der Waals surface area (Å²) in [6.45, 7) is 8.53. The van der Waals surface area contributed by atoms with Gasteiger partial charge in [0.15, 0.2) is 0 Å². The van der Waals surface area contributed by atoms with Crippen LogP contribution in [0, 0.1) is 5.92 Å². The topological polar surface area (TPSA) is 52.7 Å². The molecule has 0 spiro atoms. The Kier molecular flexibility index (Phi) is 6.62. The Labute approximate surface area is 144 Å². The zero-order valence-electron chi connectivity index (χ0n) is 14.5. The fraction of sp³-hybridized carbons (Fsp3) is 0.750. The van der Waals surface area contributed by atoms with Crippen molar-refractivity contribution in [1.29, 1.82) is 0 Å². The van der Waals surface area contributed by atoms with Gasteiger partial charge in [-0.3, -0.25) is 4.90 Å². The van der Waals surface area contributed by atoms with Gasteiger partial charge in [0.05, 0.1) is 6.04 Å². The molecular weight excluding hydrogens is 330 g/mol. The first-order valence-electron chi connectivity index (χ1n) is 8.31. The first-order valence-corrected chi connectivity index (χ1v) is 10.6. The van der Waals surface area contributed by atoms with Gasteiger partial charge < -0.3 is 0 Å². The summed E-state index contributed by atoms with van der Waals surface area (Å²) in [5.41, 5.74) is 0. The first kappa shape index (κ1) is 18.9. The molecule has 0 amide bonds. The molecule has 1 N–H and O–H groups in total. The van der Waals surface area contributed by atoms with Crippen molar-refractivity contribution in [1.82, 2.24) is 13.9 Å². The highest BCUT2D eigenvalue weighted by Gasteiger charge is 2.28. The van der Waals surface area contributed by atoms with E-state index in [-0.39, 0.29) is 12.1 Å². The van der Waals surface area contributed by atoms with Crippen molar-refractivity contribution in [2.24, 2.45) is 5.92 Å². The second-order valence-electron chi connectivity index (χ2n) is 6.71. The molecule has 1 aromatic rings. The van der Waals surface area contributed by atoms with Crippen LogP contribution in [0.5, 0.6) is 0 Å². The lowest BCUT2D eigenvalue weighted by atomic mass is 9.97. The van der Waals surface area contributed by atoms with Gasteiger partial charge in [-0.05, 0) is 57.1 Å².